The lowest BCUT2D eigenvalue weighted by Gasteiger charge is -2.51. The number of esters is 1. The van der Waals surface area contributed by atoms with Crippen LogP contribution in [0.3, 0.4) is 0 Å². The summed E-state index contributed by atoms with van der Waals surface area (Å²) in [6.07, 6.45) is 3.71. The van der Waals surface area contributed by atoms with E-state index in [9.17, 15) is 9.59 Å². The van der Waals surface area contributed by atoms with Crippen molar-refractivity contribution in [2.45, 2.75) is 25.0 Å². The van der Waals surface area contributed by atoms with Crippen molar-refractivity contribution in [2.75, 3.05) is 31.5 Å². The van der Waals surface area contributed by atoms with Crippen LogP contribution in [0.15, 0.2) is 79.0 Å². The van der Waals surface area contributed by atoms with E-state index in [2.05, 4.69) is 5.32 Å². The summed E-state index contributed by atoms with van der Waals surface area (Å²) in [6, 6.07) is 22.7. The van der Waals surface area contributed by atoms with Crippen LogP contribution in [-0.2, 0) is 16.6 Å². The Balaban J connectivity index is 1.31. The number of rotatable bonds is 8. The van der Waals surface area contributed by atoms with Gasteiger partial charge in [0.05, 0.1) is 18.8 Å². The van der Waals surface area contributed by atoms with Crippen molar-refractivity contribution < 1.29 is 18.8 Å². The molecule has 3 aliphatic rings. The van der Waals surface area contributed by atoms with Gasteiger partial charge in [0.15, 0.2) is 12.1 Å². The van der Waals surface area contributed by atoms with E-state index < -0.39 is 6.04 Å². The predicted molar refractivity (Wildman–Crippen MR) is 131 cm³/mol. The highest BCUT2D eigenvalue weighted by atomic mass is 16.5. The number of aryl methyl sites for hydroxylation is 1. The Kier molecular flexibility index (Phi) is 6.24. The van der Waals surface area contributed by atoms with Gasteiger partial charge in [0, 0.05) is 37.7 Å². The summed E-state index contributed by atoms with van der Waals surface area (Å²) in [5.74, 6) is 0.258. The molecule has 6 heteroatoms. The Morgan fingerprint density at radius 1 is 1.00 bits per heavy atom. The van der Waals surface area contributed by atoms with Crippen LogP contribution in [0, 0.1) is 5.92 Å². The maximum absolute atomic E-state index is 13.5. The average Bonchev–Trinajstić information content (AvgIpc) is 3.30. The van der Waals surface area contributed by atoms with E-state index in [1.807, 2.05) is 90.6 Å². The van der Waals surface area contributed by atoms with Gasteiger partial charge in [-0.25, -0.2) is 4.79 Å². The van der Waals surface area contributed by atoms with Gasteiger partial charge in [-0.2, -0.15) is 0 Å². The third-order valence-corrected chi connectivity index (χ3v) is 7.47. The second-order valence-corrected chi connectivity index (χ2v) is 9.72. The van der Waals surface area contributed by atoms with Gasteiger partial charge >= 0.3 is 5.97 Å². The lowest BCUT2D eigenvalue weighted by atomic mass is 9.83. The van der Waals surface area contributed by atoms with Gasteiger partial charge in [-0.05, 0) is 29.8 Å². The molecule has 3 saturated heterocycles. The zero-order valence-corrected chi connectivity index (χ0v) is 19.6. The first-order valence-electron chi connectivity index (χ1n) is 12.1. The second-order valence-electron chi connectivity index (χ2n) is 9.72. The number of ether oxygens (including phenoxy) is 1. The molecule has 0 spiro atoms. The smallest absolute Gasteiger partial charge is 0.333 e. The third kappa shape index (κ3) is 4.64. The molecule has 0 aliphatic carbocycles. The van der Waals surface area contributed by atoms with Crippen LogP contribution in [0.25, 0.3) is 0 Å². The summed E-state index contributed by atoms with van der Waals surface area (Å²) in [5.41, 5.74) is 2.49. The molecule has 0 saturated carbocycles. The van der Waals surface area contributed by atoms with Crippen molar-refractivity contribution in [3.8, 4) is 0 Å². The van der Waals surface area contributed by atoms with E-state index >= 15 is 0 Å². The van der Waals surface area contributed by atoms with Gasteiger partial charge in [-0.15, -0.1) is 0 Å². The fraction of sp³-hybridized carbons (Fsp3) is 0.357. The van der Waals surface area contributed by atoms with Gasteiger partial charge < -0.3 is 19.1 Å². The summed E-state index contributed by atoms with van der Waals surface area (Å²) < 4.78 is 8.79. The molecule has 6 rings (SSSR count). The maximum atomic E-state index is 13.5. The molecule has 3 aliphatic heterocycles. The third-order valence-electron chi connectivity index (χ3n) is 7.47. The molecule has 0 amide bonds. The lowest BCUT2D eigenvalue weighted by Crippen LogP contribution is -2.66. The zero-order valence-electron chi connectivity index (χ0n) is 19.6. The summed E-state index contributed by atoms with van der Waals surface area (Å²) >= 11 is 0. The van der Waals surface area contributed by atoms with Crippen LogP contribution >= 0.6 is 0 Å². The number of para-hydroxylation sites is 1. The molecule has 34 heavy (non-hydrogen) atoms. The van der Waals surface area contributed by atoms with Crippen LogP contribution in [0.4, 0.5) is 5.69 Å². The van der Waals surface area contributed by atoms with E-state index in [1.54, 1.807) is 0 Å². The van der Waals surface area contributed by atoms with E-state index in [1.165, 1.54) is 0 Å². The minimum atomic E-state index is -0.586. The van der Waals surface area contributed by atoms with Crippen LogP contribution in [0.1, 0.15) is 34.9 Å². The maximum Gasteiger partial charge on any atom is 0.333 e. The molecule has 2 aromatic carbocycles. The van der Waals surface area contributed by atoms with Gasteiger partial charge in [0.2, 0.25) is 5.78 Å². The molecule has 3 fully saturated rings. The Morgan fingerprint density at radius 3 is 2.32 bits per heavy atom. The molecular weight excluding hydrogens is 426 g/mol. The minimum Gasteiger partial charge on any atom is -0.454 e. The number of fused-ring (bicyclic) bond motifs is 3. The number of nitrogens with zero attached hydrogens (tertiary/aromatic N) is 2. The van der Waals surface area contributed by atoms with Crippen molar-refractivity contribution in [1.82, 2.24) is 4.57 Å². The SMILES string of the molecule is Cn1cccc1C(=O)C[N+]12CCC(CC1)[C@@H](OC(=O)[C@H](Nc1ccccc1)c1ccccc1)C2. The first-order chi connectivity index (χ1) is 16.5. The van der Waals surface area contributed by atoms with Crippen LogP contribution in [0.5, 0.6) is 0 Å². The number of ketones is 1. The van der Waals surface area contributed by atoms with Crippen molar-refractivity contribution in [3.63, 3.8) is 0 Å². The largest absolute Gasteiger partial charge is 0.454 e. The summed E-state index contributed by atoms with van der Waals surface area (Å²) in [6.45, 7) is 3.11. The highest BCUT2D eigenvalue weighted by molar-refractivity contribution is 5.95. The molecule has 3 aromatic rings. The molecular formula is C28H32N3O3+. The number of piperidine rings is 3. The van der Waals surface area contributed by atoms with Gasteiger partial charge in [-0.3, -0.25) is 4.79 Å². The van der Waals surface area contributed by atoms with Gasteiger partial charge in [0.1, 0.15) is 13.1 Å². The van der Waals surface area contributed by atoms with Crippen LogP contribution < -0.4 is 5.32 Å². The quantitative estimate of drug-likeness (QED) is 0.312. The Labute approximate surface area is 200 Å². The van der Waals surface area contributed by atoms with E-state index in [0.717, 1.165) is 42.9 Å². The number of Topliss-reactive ketones (excluding diaryl/α,β-unsaturated/α-hetero) is 1. The van der Waals surface area contributed by atoms with Gasteiger partial charge in [0.25, 0.3) is 0 Å². The van der Waals surface area contributed by atoms with Crippen LogP contribution in [0.2, 0.25) is 0 Å². The van der Waals surface area contributed by atoms with Crippen molar-refractivity contribution in [1.29, 1.82) is 0 Å². The molecule has 0 unspecified atom stereocenters. The summed E-state index contributed by atoms with van der Waals surface area (Å²) in [7, 11) is 1.91. The number of hydrogen-bond donors (Lipinski definition) is 1. The van der Waals surface area contributed by atoms with Crippen molar-refractivity contribution in [2.24, 2.45) is 13.0 Å². The van der Waals surface area contributed by atoms with E-state index in [4.69, 9.17) is 4.74 Å². The number of carbonyl (C=O) groups is 2. The number of hydrogen-bond acceptors (Lipinski definition) is 4. The second kappa shape index (κ2) is 9.47. The monoisotopic (exact) mass is 458 g/mol. The number of carbonyl (C=O) groups excluding carboxylic acids is 2. The van der Waals surface area contributed by atoms with Gasteiger partial charge in [-0.1, -0.05) is 48.5 Å². The van der Waals surface area contributed by atoms with Crippen molar-refractivity contribution in [3.05, 3.63) is 90.3 Å². The summed E-state index contributed by atoms with van der Waals surface area (Å²) in [4.78, 5) is 26.5. The fourth-order valence-corrected chi connectivity index (χ4v) is 5.56. The molecule has 6 nitrogen and oxygen atoms in total. The standard InChI is InChI=1S/C28H32N3O3/c1-30-16-8-13-24(30)25(32)19-31-17-14-21(15-18-31)26(20-31)34-28(33)27(22-9-4-2-5-10-22)29-23-11-6-3-7-12-23/h2-13,16,21,26-27,29H,14-15,17-20H2,1H3/q+1/t21?,26-,27+,31?/m0/s1. The van der Waals surface area contributed by atoms with Crippen LogP contribution in [-0.4, -0.2) is 53.1 Å². The molecule has 2 bridgehead atoms. The molecule has 0 radical (unpaired) electrons. The number of benzene rings is 2. The Morgan fingerprint density at radius 2 is 1.68 bits per heavy atom. The lowest BCUT2D eigenvalue weighted by molar-refractivity contribution is -0.938. The van der Waals surface area contributed by atoms with E-state index in [0.29, 0.717) is 23.5 Å². The minimum absolute atomic E-state index is 0.158. The fourth-order valence-electron chi connectivity index (χ4n) is 5.56. The first-order valence-corrected chi connectivity index (χ1v) is 12.1. The normalized spacial score (nSPS) is 24.4. The zero-order chi connectivity index (χ0) is 23.5. The molecule has 4 heterocycles. The number of aromatic nitrogens is 1. The topological polar surface area (TPSA) is 60.3 Å². The van der Waals surface area contributed by atoms with E-state index in [-0.39, 0.29) is 17.9 Å². The number of anilines is 1. The molecule has 176 valence electrons. The number of quaternary nitrogens is 1. The van der Waals surface area contributed by atoms with Crippen molar-refractivity contribution >= 4 is 17.4 Å². The summed E-state index contributed by atoms with van der Waals surface area (Å²) in [5, 5.41) is 3.36. The highest BCUT2D eigenvalue weighted by Gasteiger charge is 2.49. The Hall–Kier alpha value is -3.38. The first kappa shape index (κ1) is 22.4. The molecule has 1 aromatic heterocycles. The molecule has 2 atom stereocenters. The predicted octanol–water partition coefficient (Wildman–Crippen LogP) is 4.21. The highest BCUT2D eigenvalue weighted by Crippen LogP contribution is 2.36. The molecule has 1 N–H and O–H groups in total. The average molecular weight is 459 g/mol. The number of nitrogens with one attached hydrogen (secondary N) is 1. The Bertz CT molecular complexity index is 1130.